The lowest BCUT2D eigenvalue weighted by atomic mass is 10.0. The maximum atomic E-state index is 12.5. The molecule has 0 bridgehead atoms. The Bertz CT molecular complexity index is 866. The Balaban J connectivity index is 1.65. The van der Waals surface area contributed by atoms with Gasteiger partial charge in [0.1, 0.15) is 0 Å². The number of ketones is 1. The number of rotatable bonds is 8. The second-order valence-electron chi connectivity index (χ2n) is 6.52. The number of aryl methyl sites for hydroxylation is 1. The molecule has 142 valence electrons. The van der Waals surface area contributed by atoms with Gasteiger partial charge in [-0.3, -0.25) is 9.59 Å². The molecule has 0 unspecified atom stereocenters. The summed E-state index contributed by atoms with van der Waals surface area (Å²) in [5.41, 5.74) is 8.80. The van der Waals surface area contributed by atoms with Crippen molar-refractivity contribution in [3.05, 3.63) is 107 Å². The molecule has 28 heavy (non-hydrogen) atoms. The SMILES string of the molecule is NCC(=O)c1ccc(CCC(=O)OC(c2ccccc2)c2ccccc2)cc1. The van der Waals surface area contributed by atoms with Crippen molar-refractivity contribution in [1.29, 1.82) is 0 Å². The fraction of sp³-hybridized carbons (Fsp3) is 0.167. The van der Waals surface area contributed by atoms with Crippen molar-refractivity contribution in [3.63, 3.8) is 0 Å². The van der Waals surface area contributed by atoms with Gasteiger partial charge in [-0.25, -0.2) is 0 Å². The quantitative estimate of drug-likeness (QED) is 0.477. The summed E-state index contributed by atoms with van der Waals surface area (Å²) >= 11 is 0. The number of Topliss-reactive ketones (excluding diaryl/α,β-unsaturated/α-hetero) is 1. The predicted molar refractivity (Wildman–Crippen MR) is 109 cm³/mol. The Labute approximate surface area is 165 Å². The maximum absolute atomic E-state index is 12.5. The van der Waals surface area contributed by atoms with Gasteiger partial charge in [0.2, 0.25) is 0 Å². The zero-order valence-corrected chi connectivity index (χ0v) is 15.6. The minimum atomic E-state index is -0.431. The summed E-state index contributed by atoms with van der Waals surface area (Å²) in [6, 6.07) is 26.6. The fourth-order valence-electron chi connectivity index (χ4n) is 3.00. The summed E-state index contributed by atoms with van der Waals surface area (Å²) < 4.78 is 5.81. The maximum Gasteiger partial charge on any atom is 0.307 e. The molecule has 0 aliphatic rings. The number of carbonyl (C=O) groups is 2. The van der Waals surface area contributed by atoms with Crippen LogP contribution in [0, 0.1) is 0 Å². The van der Waals surface area contributed by atoms with Crippen LogP contribution in [-0.4, -0.2) is 18.3 Å². The van der Waals surface area contributed by atoms with Gasteiger partial charge in [0.05, 0.1) is 6.54 Å². The highest BCUT2D eigenvalue weighted by molar-refractivity contribution is 5.97. The molecule has 0 fully saturated rings. The minimum Gasteiger partial charge on any atom is -0.453 e. The van der Waals surface area contributed by atoms with Gasteiger partial charge in [-0.1, -0.05) is 84.9 Å². The van der Waals surface area contributed by atoms with Gasteiger partial charge in [-0.05, 0) is 23.1 Å². The molecule has 0 saturated heterocycles. The Kier molecular flexibility index (Phi) is 6.71. The summed E-state index contributed by atoms with van der Waals surface area (Å²) in [6.45, 7) is -0.00790. The van der Waals surface area contributed by atoms with Crippen LogP contribution in [-0.2, 0) is 16.0 Å². The van der Waals surface area contributed by atoms with Gasteiger partial charge in [-0.15, -0.1) is 0 Å². The normalized spacial score (nSPS) is 10.6. The van der Waals surface area contributed by atoms with Gasteiger partial charge in [0.15, 0.2) is 11.9 Å². The number of ether oxygens (including phenoxy) is 1. The molecule has 3 rings (SSSR count). The van der Waals surface area contributed by atoms with Crippen LogP contribution in [0.25, 0.3) is 0 Å². The first kappa shape index (κ1) is 19.5. The summed E-state index contributed by atoms with van der Waals surface area (Å²) in [5.74, 6) is -0.362. The van der Waals surface area contributed by atoms with E-state index in [2.05, 4.69) is 0 Å². The standard InChI is InChI=1S/C24H23NO3/c25-17-22(26)19-14-11-18(12-15-19)13-16-23(27)28-24(20-7-3-1-4-8-20)21-9-5-2-6-10-21/h1-12,14-15,24H,13,16-17,25H2. The van der Waals surface area contributed by atoms with Crippen LogP contribution < -0.4 is 5.73 Å². The Morgan fingerprint density at radius 1 is 0.786 bits per heavy atom. The first-order chi connectivity index (χ1) is 13.7. The topological polar surface area (TPSA) is 69.4 Å². The third-order valence-electron chi connectivity index (χ3n) is 4.53. The molecule has 0 saturated carbocycles. The molecule has 0 aliphatic heterocycles. The van der Waals surface area contributed by atoms with Crippen LogP contribution in [0.2, 0.25) is 0 Å². The zero-order valence-electron chi connectivity index (χ0n) is 15.6. The molecule has 4 nitrogen and oxygen atoms in total. The van der Waals surface area contributed by atoms with Gasteiger partial charge >= 0.3 is 5.97 Å². The molecule has 0 atom stereocenters. The van der Waals surface area contributed by atoms with Crippen molar-refractivity contribution < 1.29 is 14.3 Å². The molecule has 0 aromatic heterocycles. The summed E-state index contributed by atoms with van der Waals surface area (Å²) in [7, 11) is 0. The lowest BCUT2D eigenvalue weighted by Crippen LogP contribution is -2.14. The minimum absolute atomic E-state index is 0.00790. The molecule has 0 amide bonds. The largest absolute Gasteiger partial charge is 0.453 e. The van der Waals surface area contributed by atoms with Crippen molar-refractivity contribution in [3.8, 4) is 0 Å². The summed E-state index contributed by atoms with van der Waals surface area (Å²) in [4.78, 5) is 24.1. The molecule has 0 aliphatic carbocycles. The first-order valence-corrected chi connectivity index (χ1v) is 9.29. The van der Waals surface area contributed by atoms with E-state index in [-0.39, 0.29) is 24.7 Å². The van der Waals surface area contributed by atoms with Crippen LogP contribution in [0.3, 0.4) is 0 Å². The fourth-order valence-corrected chi connectivity index (χ4v) is 3.00. The number of nitrogens with two attached hydrogens (primary N) is 1. The third kappa shape index (κ3) is 5.15. The Morgan fingerprint density at radius 3 is 1.82 bits per heavy atom. The smallest absolute Gasteiger partial charge is 0.307 e. The van der Waals surface area contributed by atoms with Crippen LogP contribution >= 0.6 is 0 Å². The molecule has 3 aromatic carbocycles. The summed E-state index contributed by atoms with van der Waals surface area (Å²) in [6.07, 6.45) is 0.381. The number of hydrogen-bond donors (Lipinski definition) is 1. The molecule has 0 spiro atoms. The van der Waals surface area contributed by atoms with Gasteiger partial charge in [0, 0.05) is 12.0 Å². The Hall–Kier alpha value is -3.24. The van der Waals surface area contributed by atoms with Crippen molar-refractivity contribution in [2.45, 2.75) is 18.9 Å². The highest BCUT2D eigenvalue weighted by Gasteiger charge is 2.18. The van der Waals surface area contributed by atoms with E-state index in [1.807, 2.05) is 72.8 Å². The van der Waals surface area contributed by atoms with E-state index in [0.29, 0.717) is 12.0 Å². The van der Waals surface area contributed by atoms with Crippen LogP contribution in [0.5, 0.6) is 0 Å². The van der Waals surface area contributed by atoms with Crippen LogP contribution in [0.4, 0.5) is 0 Å². The van der Waals surface area contributed by atoms with E-state index in [1.54, 1.807) is 12.1 Å². The number of hydrogen-bond acceptors (Lipinski definition) is 4. The average Bonchev–Trinajstić information content (AvgIpc) is 2.77. The zero-order chi connectivity index (χ0) is 19.8. The summed E-state index contributed by atoms with van der Waals surface area (Å²) in [5, 5.41) is 0. The molecule has 2 N–H and O–H groups in total. The van der Waals surface area contributed by atoms with Crippen LogP contribution in [0.1, 0.15) is 39.6 Å². The van der Waals surface area contributed by atoms with E-state index in [9.17, 15) is 9.59 Å². The van der Waals surface area contributed by atoms with Gasteiger partial charge < -0.3 is 10.5 Å². The first-order valence-electron chi connectivity index (χ1n) is 9.29. The van der Waals surface area contributed by atoms with Crippen molar-refractivity contribution in [1.82, 2.24) is 0 Å². The molecule has 0 radical (unpaired) electrons. The average molecular weight is 373 g/mol. The van der Waals surface area contributed by atoms with Gasteiger partial charge in [0.25, 0.3) is 0 Å². The number of esters is 1. The van der Waals surface area contributed by atoms with E-state index < -0.39 is 6.10 Å². The lowest BCUT2D eigenvalue weighted by molar-refractivity contribution is -0.147. The van der Waals surface area contributed by atoms with Gasteiger partial charge in [-0.2, -0.15) is 0 Å². The van der Waals surface area contributed by atoms with Crippen LogP contribution in [0.15, 0.2) is 84.9 Å². The second kappa shape index (κ2) is 9.62. The highest BCUT2D eigenvalue weighted by Crippen LogP contribution is 2.26. The van der Waals surface area contributed by atoms with Crippen molar-refractivity contribution in [2.75, 3.05) is 6.54 Å². The van der Waals surface area contributed by atoms with E-state index in [0.717, 1.165) is 16.7 Å². The molecule has 4 heteroatoms. The monoisotopic (exact) mass is 373 g/mol. The Morgan fingerprint density at radius 2 is 1.32 bits per heavy atom. The number of benzene rings is 3. The molecule has 0 heterocycles. The lowest BCUT2D eigenvalue weighted by Gasteiger charge is -2.19. The van der Waals surface area contributed by atoms with E-state index in [4.69, 9.17) is 10.5 Å². The second-order valence-corrected chi connectivity index (χ2v) is 6.52. The third-order valence-corrected chi connectivity index (χ3v) is 4.53. The van der Waals surface area contributed by atoms with Crippen molar-refractivity contribution in [2.24, 2.45) is 5.73 Å². The molecule has 3 aromatic rings. The van der Waals surface area contributed by atoms with Crippen molar-refractivity contribution >= 4 is 11.8 Å². The van der Waals surface area contributed by atoms with E-state index >= 15 is 0 Å². The van der Waals surface area contributed by atoms with E-state index in [1.165, 1.54) is 0 Å². The predicted octanol–water partition coefficient (Wildman–Crippen LogP) is 4.09. The molecular formula is C24H23NO3. The number of carbonyl (C=O) groups excluding carboxylic acids is 2. The highest BCUT2D eigenvalue weighted by atomic mass is 16.5. The molecular weight excluding hydrogens is 350 g/mol.